The number of carbonyl (C=O) groups is 2. The van der Waals surface area contributed by atoms with E-state index in [1.54, 1.807) is 11.8 Å². The van der Waals surface area contributed by atoms with Crippen LogP contribution in [0.1, 0.15) is 25.3 Å². The zero-order valence-electron chi connectivity index (χ0n) is 16.8. The predicted molar refractivity (Wildman–Crippen MR) is 121 cm³/mol. The van der Waals surface area contributed by atoms with Crippen LogP contribution in [0.3, 0.4) is 0 Å². The first kappa shape index (κ1) is 21.5. The summed E-state index contributed by atoms with van der Waals surface area (Å²) in [4.78, 5) is 28.0. The largest absolute Gasteiger partial charge is 0.477 e. The van der Waals surface area contributed by atoms with Gasteiger partial charge < -0.3 is 10.2 Å². The Balaban J connectivity index is 1.36. The minimum atomic E-state index is -1.06. The maximum Gasteiger partial charge on any atom is 0.354 e. The normalized spacial score (nSPS) is 27.6. The van der Waals surface area contributed by atoms with Crippen molar-refractivity contribution in [2.45, 2.75) is 36.5 Å². The second kappa shape index (κ2) is 9.18. The topological polar surface area (TPSA) is 81.1 Å². The Morgan fingerprint density at radius 2 is 2.13 bits per heavy atom. The van der Waals surface area contributed by atoms with Gasteiger partial charge in [-0.1, -0.05) is 61.2 Å². The molecule has 0 aliphatic carbocycles. The van der Waals surface area contributed by atoms with Gasteiger partial charge in [-0.05, 0) is 24.9 Å². The van der Waals surface area contributed by atoms with Crippen molar-refractivity contribution < 1.29 is 19.8 Å². The van der Waals surface area contributed by atoms with Gasteiger partial charge in [0.25, 0.3) is 0 Å². The van der Waals surface area contributed by atoms with E-state index in [0.29, 0.717) is 15.9 Å². The summed E-state index contributed by atoms with van der Waals surface area (Å²) in [6.45, 7) is 4.56. The van der Waals surface area contributed by atoms with Crippen LogP contribution in [0.15, 0.2) is 46.3 Å². The van der Waals surface area contributed by atoms with E-state index in [-0.39, 0.29) is 17.0 Å². The third kappa shape index (κ3) is 4.19. The van der Waals surface area contributed by atoms with Gasteiger partial charge >= 0.3 is 5.97 Å². The number of carboxylic acids is 1. The van der Waals surface area contributed by atoms with E-state index < -0.39 is 18.0 Å². The van der Waals surface area contributed by atoms with Crippen molar-refractivity contribution in [3.05, 3.63) is 51.9 Å². The number of β-lactam (4-membered cyclic amide) rings is 1. The Hall–Kier alpha value is -1.74. The van der Waals surface area contributed by atoms with Crippen molar-refractivity contribution in [2.75, 3.05) is 19.6 Å². The van der Waals surface area contributed by atoms with Crippen LogP contribution in [0.2, 0.25) is 0 Å². The molecule has 0 aromatic heterocycles. The Labute approximate surface area is 185 Å². The molecule has 0 spiro atoms. The van der Waals surface area contributed by atoms with E-state index >= 15 is 0 Å². The molecule has 0 saturated carbocycles. The number of benzene rings is 1. The summed E-state index contributed by atoms with van der Waals surface area (Å²) in [6.07, 6.45) is 5.04. The van der Waals surface area contributed by atoms with Gasteiger partial charge in [0, 0.05) is 18.3 Å². The SMILES string of the molecule is CC[C@H](O)[C@@H]1C(=O)N2C(C(=O)O)=C(SC3CCN(CC=Cc4ccccc4)C3)S[C@H]12. The van der Waals surface area contributed by atoms with Gasteiger partial charge in [0.2, 0.25) is 5.91 Å². The van der Waals surface area contributed by atoms with E-state index in [1.165, 1.54) is 22.2 Å². The molecule has 3 heterocycles. The fourth-order valence-electron chi connectivity index (χ4n) is 4.11. The van der Waals surface area contributed by atoms with Crippen molar-refractivity contribution in [1.82, 2.24) is 9.80 Å². The Bertz CT molecular complexity index is 873. The zero-order chi connectivity index (χ0) is 21.3. The maximum absolute atomic E-state index is 12.5. The Kier molecular flexibility index (Phi) is 6.57. The number of hydrogen-bond acceptors (Lipinski definition) is 6. The molecule has 160 valence electrons. The van der Waals surface area contributed by atoms with Crippen LogP contribution in [0.25, 0.3) is 6.08 Å². The average molecular weight is 447 g/mol. The van der Waals surface area contributed by atoms with Gasteiger partial charge in [-0.2, -0.15) is 0 Å². The van der Waals surface area contributed by atoms with Gasteiger partial charge in [0.1, 0.15) is 5.37 Å². The highest BCUT2D eigenvalue weighted by Gasteiger charge is 2.58. The van der Waals surface area contributed by atoms with Gasteiger partial charge in [0.15, 0.2) is 5.70 Å². The minimum Gasteiger partial charge on any atom is -0.477 e. The predicted octanol–water partition coefficient (Wildman–Crippen LogP) is 3.06. The first-order chi connectivity index (χ1) is 14.5. The molecular weight excluding hydrogens is 420 g/mol. The highest BCUT2D eigenvalue weighted by molar-refractivity contribution is 8.23. The number of carbonyl (C=O) groups excluding carboxylic acids is 1. The summed E-state index contributed by atoms with van der Waals surface area (Å²) in [5.74, 6) is -1.84. The fourth-order valence-corrected chi connectivity index (χ4v) is 7.42. The lowest BCUT2D eigenvalue weighted by Gasteiger charge is -2.44. The number of carboxylic acid groups (broad SMARTS) is 1. The van der Waals surface area contributed by atoms with Crippen molar-refractivity contribution in [1.29, 1.82) is 0 Å². The molecule has 1 aromatic carbocycles. The molecule has 3 aliphatic heterocycles. The van der Waals surface area contributed by atoms with E-state index in [9.17, 15) is 19.8 Å². The molecule has 1 aromatic rings. The second-order valence-corrected chi connectivity index (χ2v) is 10.5. The van der Waals surface area contributed by atoms with Crippen LogP contribution in [-0.2, 0) is 9.59 Å². The van der Waals surface area contributed by atoms with Gasteiger partial charge in [-0.15, -0.1) is 11.8 Å². The molecule has 1 unspecified atom stereocenters. The molecule has 4 rings (SSSR count). The first-order valence-corrected chi connectivity index (χ1v) is 12.0. The summed E-state index contributed by atoms with van der Waals surface area (Å²) in [6, 6.07) is 10.2. The molecule has 0 bridgehead atoms. The van der Waals surface area contributed by atoms with E-state index in [4.69, 9.17) is 0 Å². The molecule has 3 aliphatic rings. The maximum atomic E-state index is 12.5. The van der Waals surface area contributed by atoms with Gasteiger partial charge in [-0.25, -0.2) is 4.79 Å². The second-order valence-electron chi connectivity index (χ2n) is 7.76. The third-order valence-corrected chi connectivity index (χ3v) is 8.61. The van der Waals surface area contributed by atoms with Crippen molar-refractivity contribution in [3.8, 4) is 0 Å². The standard InChI is InChI=1S/C22H26N2O4S2/c1-2-16(25)17-19(26)24-18(21(27)28)22(30-20(17)24)29-15-10-12-23(13-15)11-6-9-14-7-4-3-5-8-14/h3-9,15-17,20,25H,2,10-13H2,1H3,(H,27,28)/t15?,16-,17+,20+/m0/s1. The number of thioether (sulfide) groups is 2. The van der Waals surface area contributed by atoms with E-state index in [1.807, 2.05) is 25.1 Å². The summed E-state index contributed by atoms with van der Waals surface area (Å²) in [5.41, 5.74) is 1.28. The molecule has 2 N–H and O–H groups in total. The molecule has 1 amide bonds. The van der Waals surface area contributed by atoms with E-state index in [2.05, 4.69) is 29.2 Å². The van der Waals surface area contributed by atoms with Crippen molar-refractivity contribution in [2.24, 2.45) is 5.92 Å². The number of nitrogens with zero attached hydrogens (tertiary/aromatic N) is 2. The van der Waals surface area contributed by atoms with Gasteiger partial charge in [-0.3, -0.25) is 14.6 Å². The number of likely N-dealkylation sites (tertiary alicyclic amines) is 1. The van der Waals surface area contributed by atoms with Crippen LogP contribution in [0, 0.1) is 5.92 Å². The third-order valence-electron chi connectivity index (χ3n) is 5.76. The minimum absolute atomic E-state index is 0.0991. The number of hydrogen-bond donors (Lipinski definition) is 2. The molecule has 30 heavy (non-hydrogen) atoms. The monoisotopic (exact) mass is 446 g/mol. The number of rotatable bonds is 8. The smallest absolute Gasteiger partial charge is 0.354 e. The quantitative estimate of drug-likeness (QED) is 0.594. The summed E-state index contributed by atoms with van der Waals surface area (Å²) in [5, 5.41) is 19.9. The average Bonchev–Trinajstić information content (AvgIpc) is 3.31. The van der Waals surface area contributed by atoms with Crippen LogP contribution in [0.5, 0.6) is 0 Å². The van der Waals surface area contributed by atoms with Crippen LogP contribution in [0.4, 0.5) is 0 Å². The zero-order valence-corrected chi connectivity index (χ0v) is 18.4. The lowest BCUT2D eigenvalue weighted by Crippen LogP contribution is -2.61. The highest BCUT2D eigenvalue weighted by Crippen LogP contribution is 2.55. The summed E-state index contributed by atoms with van der Waals surface area (Å²) in [7, 11) is 0. The Morgan fingerprint density at radius 3 is 2.83 bits per heavy atom. The Morgan fingerprint density at radius 1 is 1.37 bits per heavy atom. The first-order valence-electron chi connectivity index (χ1n) is 10.3. The number of aliphatic hydroxyl groups excluding tert-OH is 1. The summed E-state index contributed by atoms with van der Waals surface area (Å²) < 4.78 is 0.707. The molecule has 2 fully saturated rings. The molecule has 2 saturated heterocycles. The fraction of sp³-hybridized carbons (Fsp3) is 0.455. The number of aliphatic hydroxyl groups is 1. The van der Waals surface area contributed by atoms with E-state index in [0.717, 1.165) is 26.1 Å². The molecule has 0 radical (unpaired) electrons. The van der Waals surface area contributed by atoms with Gasteiger partial charge in [0.05, 0.1) is 16.3 Å². The number of aliphatic carboxylic acids is 1. The highest BCUT2D eigenvalue weighted by atomic mass is 32.2. The lowest BCUT2D eigenvalue weighted by molar-refractivity contribution is -0.157. The number of fused-ring (bicyclic) bond motifs is 1. The molecule has 6 nitrogen and oxygen atoms in total. The molecule has 4 atom stereocenters. The molecule has 8 heteroatoms. The van der Waals surface area contributed by atoms with Crippen LogP contribution in [-0.4, -0.2) is 68.3 Å². The summed E-state index contributed by atoms with van der Waals surface area (Å²) >= 11 is 3.01. The van der Waals surface area contributed by atoms with Crippen molar-refractivity contribution >= 4 is 41.5 Å². The number of amides is 1. The van der Waals surface area contributed by atoms with Crippen LogP contribution >= 0.6 is 23.5 Å². The van der Waals surface area contributed by atoms with Crippen LogP contribution < -0.4 is 0 Å². The lowest BCUT2D eigenvalue weighted by atomic mass is 9.90. The molecular formula is C22H26N2O4S2. The van der Waals surface area contributed by atoms with Crippen molar-refractivity contribution in [3.63, 3.8) is 0 Å².